The second kappa shape index (κ2) is 7.56. The van der Waals surface area contributed by atoms with Crippen molar-refractivity contribution in [3.05, 3.63) is 24.3 Å². The fourth-order valence-corrected chi connectivity index (χ4v) is 2.97. The van der Waals surface area contributed by atoms with E-state index in [1.165, 1.54) is 19.3 Å². The molecule has 0 amide bonds. The number of fused-ring (bicyclic) bond motifs is 1. The standard InChI is InChI=1S/C15H22N2OS/c1-3-7-12(16-10-4-2)11-19-15-17-13-8-5-6-9-14(13)18-15/h5-6,8-9,12,16H,3-4,7,10-11H2,1-2H3. The highest BCUT2D eigenvalue weighted by Gasteiger charge is 2.11. The Hall–Kier alpha value is -1.00. The summed E-state index contributed by atoms with van der Waals surface area (Å²) in [6.07, 6.45) is 3.58. The van der Waals surface area contributed by atoms with Crippen LogP contribution in [0.4, 0.5) is 0 Å². The number of aromatic nitrogens is 1. The number of para-hydroxylation sites is 2. The number of hydrogen-bond acceptors (Lipinski definition) is 4. The van der Waals surface area contributed by atoms with Gasteiger partial charge in [-0.05, 0) is 31.5 Å². The Kier molecular flexibility index (Phi) is 5.73. The Bertz CT molecular complexity index is 465. The maximum absolute atomic E-state index is 5.73. The molecular formula is C15H22N2OS. The lowest BCUT2D eigenvalue weighted by Gasteiger charge is -2.16. The van der Waals surface area contributed by atoms with Gasteiger partial charge in [-0.2, -0.15) is 0 Å². The van der Waals surface area contributed by atoms with E-state index in [0.717, 1.165) is 28.6 Å². The van der Waals surface area contributed by atoms with Crippen molar-refractivity contribution in [2.24, 2.45) is 0 Å². The largest absolute Gasteiger partial charge is 0.431 e. The van der Waals surface area contributed by atoms with Crippen molar-refractivity contribution in [2.75, 3.05) is 12.3 Å². The third kappa shape index (κ3) is 4.25. The van der Waals surface area contributed by atoms with Crippen molar-refractivity contribution < 1.29 is 4.42 Å². The van der Waals surface area contributed by atoms with Crippen molar-refractivity contribution in [2.45, 2.75) is 44.4 Å². The van der Waals surface area contributed by atoms with E-state index in [0.29, 0.717) is 6.04 Å². The molecule has 0 aliphatic rings. The van der Waals surface area contributed by atoms with Crippen molar-refractivity contribution in [3.63, 3.8) is 0 Å². The topological polar surface area (TPSA) is 38.1 Å². The normalized spacial score (nSPS) is 12.9. The molecule has 2 aromatic rings. The Balaban J connectivity index is 1.91. The van der Waals surface area contributed by atoms with E-state index in [9.17, 15) is 0 Å². The molecule has 4 heteroatoms. The minimum absolute atomic E-state index is 0.546. The quantitative estimate of drug-likeness (QED) is 0.738. The SMILES string of the molecule is CCCNC(CCC)CSc1nc2ccccc2o1. The lowest BCUT2D eigenvalue weighted by molar-refractivity contribution is 0.483. The van der Waals surface area contributed by atoms with Gasteiger partial charge in [-0.25, -0.2) is 4.98 Å². The van der Waals surface area contributed by atoms with Gasteiger partial charge < -0.3 is 9.73 Å². The maximum Gasteiger partial charge on any atom is 0.256 e. The van der Waals surface area contributed by atoms with Crippen LogP contribution in [0.25, 0.3) is 11.1 Å². The summed E-state index contributed by atoms with van der Waals surface area (Å²) in [5, 5.41) is 4.36. The van der Waals surface area contributed by atoms with Crippen LogP contribution in [0.3, 0.4) is 0 Å². The summed E-state index contributed by atoms with van der Waals surface area (Å²) in [7, 11) is 0. The van der Waals surface area contributed by atoms with E-state index in [4.69, 9.17) is 4.42 Å². The highest BCUT2D eigenvalue weighted by Crippen LogP contribution is 2.24. The van der Waals surface area contributed by atoms with Crippen molar-refractivity contribution in [3.8, 4) is 0 Å². The summed E-state index contributed by atoms with van der Waals surface area (Å²) in [5.74, 6) is 1.01. The van der Waals surface area contributed by atoms with Crippen LogP contribution < -0.4 is 5.32 Å². The molecule has 104 valence electrons. The summed E-state index contributed by atoms with van der Waals surface area (Å²) < 4.78 is 5.73. The van der Waals surface area contributed by atoms with Gasteiger partial charge in [0.25, 0.3) is 5.22 Å². The average Bonchev–Trinajstić information content (AvgIpc) is 2.84. The second-order valence-corrected chi connectivity index (χ2v) is 5.67. The average molecular weight is 278 g/mol. The first-order chi connectivity index (χ1) is 9.33. The molecule has 0 bridgehead atoms. The smallest absolute Gasteiger partial charge is 0.256 e. The molecule has 0 fully saturated rings. The maximum atomic E-state index is 5.73. The van der Waals surface area contributed by atoms with Gasteiger partial charge in [-0.1, -0.05) is 44.2 Å². The molecule has 2 rings (SSSR count). The van der Waals surface area contributed by atoms with Crippen molar-refractivity contribution in [1.82, 2.24) is 10.3 Å². The summed E-state index contributed by atoms with van der Waals surface area (Å²) in [6.45, 7) is 5.51. The van der Waals surface area contributed by atoms with Gasteiger partial charge in [-0.15, -0.1) is 0 Å². The van der Waals surface area contributed by atoms with Crippen LogP contribution >= 0.6 is 11.8 Å². The Morgan fingerprint density at radius 3 is 2.84 bits per heavy atom. The molecule has 0 aliphatic carbocycles. The summed E-state index contributed by atoms with van der Waals surface area (Å²) in [4.78, 5) is 4.49. The molecule has 0 saturated heterocycles. The molecular weight excluding hydrogens is 256 g/mol. The fraction of sp³-hybridized carbons (Fsp3) is 0.533. The molecule has 1 N–H and O–H groups in total. The van der Waals surface area contributed by atoms with Crippen LogP contribution in [0.5, 0.6) is 0 Å². The predicted octanol–water partition coefficient (Wildman–Crippen LogP) is 4.09. The Morgan fingerprint density at radius 2 is 2.11 bits per heavy atom. The highest BCUT2D eigenvalue weighted by atomic mass is 32.2. The lowest BCUT2D eigenvalue weighted by Crippen LogP contribution is -2.31. The minimum atomic E-state index is 0.546. The third-order valence-electron chi connectivity index (χ3n) is 3.00. The van der Waals surface area contributed by atoms with Gasteiger partial charge in [0.2, 0.25) is 0 Å². The first-order valence-electron chi connectivity index (χ1n) is 7.05. The number of benzene rings is 1. The number of rotatable bonds is 8. The molecule has 0 saturated carbocycles. The molecule has 0 spiro atoms. The molecule has 1 heterocycles. The van der Waals surface area contributed by atoms with Crippen molar-refractivity contribution >= 4 is 22.9 Å². The monoisotopic (exact) mass is 278 g/mol. The number of oxazole rings is 1. The molecule has 0 radical (unpaired) electrons. The second-order valence-electron chi connectivity index (χ2n) is 4.70. The van der Waals surface area contributed by atoms with E-state index >= 15 is 0 Å². The van der Waals surface area contributed by atoms with Crippen LogP contribution in [0.15, 0.2) is 33.9 Å². The summed E-state index contributed by atoms with van der Waals surface area (Å²) in [5.41, 5.74) is 1.82. The van der Waals surface area contributed by atoms with Gasteiger partial charge in [0.05, 0.1) is 0 Å². The van der Waals surface area contributed by atoms with E-state index in [1.54, 1.807) is 11.8 Å². The first-order valence-corrected chi connectivity index (χ1v) is 8.03. The van der Waals surface area contributed by atoms with Gasteiger partial charge in [0.15, 0.2) is 5.58 Å². The number of hydrogen-bond donors (Lipinski definition) is 1. The predicted molar refractivity (Wildman–Crippen MR) is 81.7 cm³/mol. The van der Waals surface area contributed by atoms with Gasteiger partial charge in [0, 0.05) is 11.8 Å². The lowest BCUT2D eigenvalue weighted by atomic mass is 10.2. The Labute approximate surface area is 119 Å². The van der Waals surface area contributed by atoms with Crippen LogP contribution in [-0.4, -0.2) is 23.3 Å². The molecule has 1 atom stereocenters. The summed E-state index contributed by atoms with van der Waals surface area (Å²) >= 11 is 1.70. The molecule has 3 nitrogen and oxygen atoms in total. The zero-order valence-electron chi connectivity index (χ0n) is 11.7. The first kappa shape index (κ1) is 14.4. The van der Waals surface area contributed by atoms with Gasteiger partial charge in [0.1, 0.15) is 5.52 Å². The summed E-state index contributed by atoms with van der Waals surface area (Å²) in [6, 6.07) is 8.46. The van der Waals surface area contributed by atoms with Crippen LogP contribution in [0, 0.1) is 0 Å². The highest BCUT2D eigenvalue weighted by molar-refractivity contribution is 7.99. The molecule has 1 unspecified atom stereocenters. The third-order valence-corrected chi connectivity index (χ3v) is 3.99. The van der Waals surface area contributed by atoms with Crippen molar-refractivity contribution in [1.29, 1.82) is 0 Å². The van der Waals surface area contributed by atoms with E-state index in [1.807, 2.05) is 24.3 Å². The van der Waals surface area contributed by atoms with Crippen LogP contribution in [-0.2, 0) is 0 Å². The molecule has 19 heavy (non-hydrogen) atoms. The van der Waals surface area contributed by atoms with E-state index in [-0.39, 0.29) is 0 Å². The molecule has 1 aromatic carbocycles. The van der Waals surface area contributed by atoms with Gasteiger partial charge >= 0.3 is 0 Å². The van der Waals surface area contributed by atoms with Crippen LogP contribution in [0.1, 0.15) is 33.1 Å². The van der Waals surface area contributed by atoms with Crippen LogP contribution in [0.2, 0.25) is 0 Å². The van der Waals surface area contributed by atoms with E-state index in [2.05, 4.69) is 24.1 Å². The number of thioether (sulfide) groups is 1. The van der Waals surface area contributed by atoms with E-state index < -0.39 is 0 Å². The molecule has 1 aromatic heterocycles. The number of nitrogens with zero attached hydrogens (tertiary/aromatic N) is 1. The minimum Gasteiger partial charge on any atom is -0.431 e. The Morgan fingerprint density at radius 1 is 1.26 bits per heavy atom. The zero-order chi connectivity index (χ0) is 13.5. The molecule has 0 aliphatic heterocycles. The fourth-order valence-electron chi connectivity index (χ4n) is 2.03. The van der Waals surface area contributed by atoms with Gasteiger partial charge in [-0.3, -0.25) is 0 Å². The number of nitrogens with one attached hydrogen (secondary N) is 1. The zero-order valence-corrected chi connectivity index (χ0v) is 12.5.